The number of esters is 1. The Morgan fingerprint density at radius 2 is 1.17 bits per heavy atom. The lowest BCUT2D eigenvalue weighted by molar-refractivity contribution is -0.152. The zero-order valence-corrected chi connectivity index (χ0v) is 17.6. The fourth-order valence-corrected chi connectivity index (χ4v) is 2.08. The van der Waals surface area contributed by atoms with Gasteiger partial charge in [-0.05, 0) is 31.9 Å². The van der Waals surface area contributed by atoms with Crippen LogP contribution in [0.15, 0.2) is 60.7 Å². The minimum Gasteiger partial charge on any atom is -0.479 e. The Hall–Kier alpha value is -2.74. The lowest BCUT2D eigenvalue weighted by atomic mass is 10.1. The van der Waals surface area contributed by atoms with Crippen molar-refractivity contribution in [3.05, 3.63) is 71.8 Å². The van der Waals surface area contributed by atoms with Crippen molar-refractivity contribution in [1.82, 2.24) is 0 Å². The van der Waals surface area contributed by atoms with E-state index >= 15 is 0 Å². The summed E-state index contributed by atoms with van der Waals surface area (Å²) in [7, 11) is 0. The summed E-state index contributed by atoms with van der Waals surface area (Å²) in [6.45, 7) is 5.46. The van der Waals surface area contributed by atoms with E-state index < -0.39 is 24.1 Å². The van der Waals surface area contributed by atoms with Crippen molar-refractivity contribution in [2.24, 2.45) is 0 Å². The van der Waals surface area contributed by atoms with E-state index in [4.69, 9.17) is 15.3 Å². The fraction of sp³-hybridized carbons (Fsp3) is 0.391. The molecule has 0 unspecified atom stereocenters. The van der Waals surface area contributed by atoms with Gasteiger partial charge >= 0.3 is 11.9 Å². The number of hydrogen-bond acceptors (Lipinski definition) is 6. The summed E-state index contributed by atoms with van der Waals surface area (Å²) in [6.07, 6.45) is -2.06. The summed E-state index contributed by atoms with van der Waals surface area (Å²) in [6, 6.07) is 18.4. The van der Waals surface area contributed by atoms with Gasteiger partial charge in [0.05, 0.1) is 6.61 Å². The van der Waals surface area contributed by atoms with Crippen LogP contribution >= 0.6 is 0 Å². The number of rotatable bonds is 7. The zero-order valence-electron chi connectivity index (χ0n) is 17.6. The first-order valence-corrected chi connectivity index (χ1v) is 9.68. The van der Waals surface area contributed by atoms with Crippen LogP contribution in [0.5, 0.6) is 0 Å². The molecule has 0 saturated carbocycles. The van der Waals surface area contributed by atoms with Gasteiger partial charge in [-0.2, -0.15) is 0 Å². The molecule has 0 aliphatic rings. The Kier molecular flexibility index (Phi) is 14.6. The topological polar surface area (TPSA) is 124 Å². The van der Waals surface area contributed by atoms with Gasteiger partial charge in [-0.3, -0.25) is 0 Å². The summed E-state index contributed by atoms with van der Waals surface area (Å²) in [4.78, 5) is 21.3. The maximum absolute atomic E-state index is 11.1. The molecule has 0 fully saturated rings. The number of carbonyl (C=O) groups is 2. The Morgan fingerprint density at radius 1 is 0.800 bits per heavy atom. The number of carbonyl (C=O) groups excluding carboxylic acids is 1. The standard InChI is InChI=1S/C11H14O3.C9H10O3.C3H8O/c1-2-14-11(13)10(12)8-9-6-4-3-5-7-9;10-8(9(11)12)6-7-4-2-1-3-5-7;1-3(2)4/h3-7,10,12H,2,8H2,1H3;1-5,8,10H,6H2,(H,11,12);3-4H,1-2H3/t10-;8-;/m00./s1. The van der Waals surface area contributed by atoms with Crippen LogP contribution < -0.4 is 0 Å². The third-order valence-corrected chi connectivity index (χ3v) is 3.39. The predicted octanol–water partition coefficient (Wildman–Crippen LogP) is 2.21. The van der Waals surface area contributed by atoms with Crippen LogP contribution in [0.4, 0.5) is 0 Å². The van der Waals surface area contributed by atoms with Crippen molar-refractivity contribution in [2.75, 3.05) is 6.61 Å². The molecule has 0 aliphatic heterocycles. The molecule has 7 heteroatoms. The van der Waals surface area contributed by atoms with Crippen molar-refractivity contribution in [1.29, 1.82) is 0 Å². The number of aliphatic hydroxyl groups is 3. The van der Waals surface area contributed by atoms with Crippen LogP contribution in [-0.2, 0) is 27.2 Å². The van der Waals surface area contributed by atoms with Crippen molar-refractivity contribution >= 4 is 11.9 Å². The number of benzene rings is 2. The molecule has 0 bridgehead atoms. The van der Waals surface area contributed by atoms with E-state index in [-0.39, 0.29) is 12.5 Å². The lowest BCUT2D eigenvalue weighted by Gasteiger charge is -2.08. The molecule has 2 aromatic carbocycles. The van der Waals surface area contributed by atoms with Gasteiger partial charge in [0, 0.05) is 18.9 Å². The molecule has 2 rings (SSSR count). The summed E-state index contributed by atoms with van der Waals surface area (Å²) in [5.41, 5.74) is 1.75. The van der Waals surface area contributed by atoms with E-state index in [0.29, 0.717) is 13.0 Å². The monoisotopic (exact) mass is 420 g/mol. The van der Waals surface area contributed by atoms with Gasteiger partial charge in [0.1, 0.15) is 0 Å². The minimum atomic E-state index is -1.30. The van der Waals surface area contributed by atoms with Crippen LogP contribution in [0.1, 0.15) is 31.9 Å². The van der Waals surface area contributed by atoms with Gasteiger partial charge < -0.3 is 25.2 Å². The van der Waals surface area contributed by atoms with Crippen LogP contribution in [0.3, 0.4) is 0 Å². The Balaban J connectivity index is 0.000000481. The van der Waals surface area contributed by atoms with Crippen molar-refractivity contribution < 1.29 is 34.8 Å². The number of ether oxygens (including phenoxy) is 1. The molecular formula is C23H32O7. The first-order valence-electron chi connectivity index (χ1n) is 9.68. The average molecular weight is 421 g/mol. The van der Waals surface area contributed by atoms with E-state index in [9.17, 15) is 14.7 Å². The molecule has 0 aliphatic carbocycles. The van der Waals surface area contributed by atoms with Crippen molar-refractivity contribution in [3.8, 4) is 0 Å². The first-order chi connectivity index (χ1) is 14.2. The molecule has 30 heavy (non-hydrogen) atoms. The normalized spacial score (nSPS) is 11.8. The Bertz CT molecular complexity index is 699. The molecule has 2 atom stereocenters. The molecule has 0 radical (unpaired) electrons. The lowest BCUT2D eigenvalue weighted by Crippen LogP contribution is -2.25. The molecule has 2 aromatic rings. The SMILES string of the molecule is CC(C)O.CCOC(=O)[C@@H](O)Cc1ccccc1.O=C(O)[C@@H](O)Cc1ccccc1. The smallest absolute Gasteiger partial charge is 0.335 e. The number of carboxylic acid groups (broad SMARTS) is 1. The highest BCUT2D eigenvalue weighted by Crippen LogP contribution is 2.04. The van der Waals surface area contributed by atoms with Crippen LogP contribution in [0, 0.1) is 0 Å². The van der Waals surface area contributed by atoms with Gasteiger partial charge in [0.15, 0.2) is 12.2 Å². The van der Waals surface area contributed by atoms with Crippen molar-refractivity contribution in [2.45, 2.75) is 51.9 Å². The number of carboxylic acids is 1. The van der Waals surface area contributed by atoms with Gasteiger partial charge in [-0.15, -0.1) is 0 Å². The Morgan fingerprint density at radius 3 is 1.50 bits per heavy atom. The molecule has 7 nitrogen and oxygen atoms in total. The number of hydrogen-bond donors (Lipinski definition) is 4. The second kappa shape index (κ2) is 16.1. The largest absolute Gasteiger partial charge is 0.479 e. The quantitative estimate of drug-likeness (QED) is 0.506. The van der Waals surface area contributed by atoms with Gasteiger partial charge in [0.25, 0.3) is 0 Å². The maximum Gasteiger partial charge on any atom is 0.335 e. The maximum atomic E-state index is 11.1. The first kappa shape index (κ1) is 27.3. The molecule has 0 saturated heterocycles. The van der Waals surface area contributed by atoms with E-state index in [2.05, 4.69) is 4.74 Å². The number of aliphatic carboxylic acids is 1. The number of aliphatic hydroxyl groups excluding tert-OH is 3. The second-order valence-corrected chi connectivity index (χ2v) is 6.60. The molecule has 0 heterocycles. The highest BCUT2D eigenvalue weighted by Gasteiger charge is 2.16. The van der Waals surface area contributed by atoms with E-state index in [0.717, 1.165) is 11.1 Å². The molecular weight excluding hydrogens is 388 g/mol. The molecule has 166 valence electrons. The van der Waals surface area contributed by atoms with Crippen LogP contribution in [0.2, 0.25) is 0 Å². The van der Waals surface area contributed by atoms with Crippen LogP contribution in [0.25, 0.3) is 0 Å². The molecule has 4 N–H and O–H groups in total. The highest BCUT2D eigenvalue weighted by molar-refractivity contribution is 5.74. The third kappa shape index (κ3) is 14.3. The van der Waals surface area contributed by atoms with Gasteiger partial charge in [-0.25, -0.2) is 9.59 Å². The minimum absolute atomic E-state index is 0.163. The van der Waals surface area contributed by atoms with Crippen LogP contribution in [-0.4, -0.2) is 57.3 Å². The fourth-order valence-electron chi connectivity index (χ4n) is 2.08. The van der Waals surface area contributed by atoms with Gasteiger partial charge in [0.2, 0.25) is 0 Å². The zero-order chi connectivity index (χ0) is 22.9. The molecule has 0 aromatic heterocycles. The average Bonchev–Trinajstić information content (AvgIpc) is 2.69. The third-order valence-electron chi connectivity index (χ3n) is 3.39. The molecule has 0 spiro atoms. The van der Waals surface area contributed by atoms with E-state index in [1.165, 1.54) is 0 Å². The summed E-state index contributed by atoms with van der Waals surface area (Å²) in [5, 5.41) is 34.9. The Labute approximate surface area is 177 Å². The van der Waals surface area contributed by atoms with E-state index in [1.807, 2.05) is 48.5 Å². The predicted molar refractivity (Wildman–Crippen MR) is 114 cm³/mol. The summed E-state index contributed by atoms with van der Waals surface area (Å²) < 4.78 is 4.69. The second-order valence-electron chi connectivity index (χ2n) is 6.60. The molecule has 0 amide bonds. The van der Waals surface area contributed by atoms with Gasteiger partial charge in [-0.1, -0.05) is 60.7 Å². The summed E-state index contributed by atoms with van der Waals surface area (Å²) >= 11 is 0. The van der Waals surface area contributed by atoms with Crippen molar-refractivity contribution in [3.63, 3.8) is 0 Å². The van der Waals surface area contributed by atoms with E-state index in [1.54, 1.807) is 32.9 Å². The highest BCUT2D eigenvalue weighted by atomic mass is 16.5. The summed E-state index contributed by atoms with van der Waals surface area (Å²) in [5.74, 6) is -1.74.